The van der Waals surface area contributed by atoms with Crippen molar-refractivity contribution >= 4 is 21.7 Å². The van der Waals surface area contributed by atoms with Gasteiger partial charge in [-0.05, 0) is 42.3 Å². The van der Waals surface area contributed by atoms with Crippen molar-refractivity contribution in [3.05, 3.63) is 58.4 Å². The number of fused-ring (bicyclic) bond motifs is 3. The van der Waals surface area contributed by atoms with E-state index in [0.717, 1.165) is 38.2 Å². The van der Waals surface area contributed by atoms with Crippen molar-refractivity contribution in [3.8, 4) is 0 Å². The Labute approximate surface area is 179 Å². The molecule has 172 valence electrons. The minimum absolute atomic E-state index is 0.0560. The molecule has 0 radical (unpaired) electrons. The lowest BCUT2D eigenvalue weighted by molar-refractivity contribution is -0.376. The molecule has 0 spiro atoms. The number of rotatable bonds is 3. The second-order valence-electron chi connectivity index (χ2n) is 8.40. The van der Waals surface area contributed by atoms with Crippen molar-refractivity contribution in [1.82, 2.24) is 4.57 Å². The number of pyridine rings is 1. The zero-order valence-electron chi connectivity index (χ0n) is 16.9. The molecule has 2 aromatic carbocycles. The fraction of sp³-hybridized carbons (Fsp3) is 0.435. The van der Waals surface area contributed by atoms with Gasteiger partial charge in [-0.1, -0.05) is 43.5 Å². The summed E-state index contributed by atoms with van der Waals surface area (Å²) in [4.78, 5) is 13.2. The Kier molecular flexibility index (Phi) is 5.51. The van der Waals surface area contributed by atoms with E-state index in [0.29, 0.717) is 18.7 Å². The Balaban J connectivity index is 2.00. The van der Waals surface area contributed by atoms with Crippen molar-refractivity contribution in [3.63, 3.8) is 0 Å². The fourth-order valence-electron chi connectivity index (χ4n) is 4.67. The van der Waals surface area contributed by atoms with Crippen LogP contribution in [-0.4, -0.2) is 22.0 Å². The van der Waals surface area contributed by atoms with Gasteiger partial charge in [-0.3, -0.25) is 4.79 Å². The normalized spacial score (nSPS) is 16.7. The summed E-state index contributed by atoms with van der Waals surface area (Å²) in [6.45, 7) is 0.336. The predicted octanol–water partition coefficient (Wildman–Crippen LogP) is 6.05. The highest BCUT2D eigenvalue weighted by molar-refractivity contribution is 6.05. The van der Waals surface area contributed by atoms with Crippen molar-refractivity contribution < 1.29 is 31.4 Å². The van der Waals surface area contributed by atoms with Gasteiger partial charge in [0.15, 0.2) is 0 Å². The third-order valence-corrected chi connectivity index (χ3v) is 6.38. The summed E-state index contributed by atoms with van der Waals surface area (Å²) >= 11 is 0. The molecule has 9 heteroatoms. The molecule has 1 aromatic heterocycles. The van der Waals surface area contributed by atoms with Gasteiger partial charge in [-0.2, -0.15) is 26.3 Å². The van der Waals surface area contributed by atoms with Gasteiger partial charge in [0.25, 0.3) is 11.2 Å². The van der Waals surface area contributed by atoms with Gasteiger partial charge >= 0.3 is 12.4 Å². The molecule has 1 N–H and O–H groups in total. The van der Waals surface area contributed by atoms with Gasteiger partial charge in [0.1, 0.15) is 0 Å². The monoisotopic (exact) mass is 457 g/mol. The molecule has 0 saturated heterocycles. The van der Waals surface area contributed by atoms with Crippen LogP contribution in [0, 0.1) is 5.92 Å². The van der Waals surface area contributed by atoms with Crippen LogP contribution in [0.5, 0.6) is 0 Å². The molecule has 1 aliphatic carbocycles. The number of benzene rings is 2. The highest BCUT2D eigenvalue weighted by Gasteiger charge is 2.71. The van der Waals surface area contributed by atoms with Crippen LogP contribution in [0.1, 0.15) is 37.7 Å². The van der Waals surface area contributed by atoms with Crippen LogP contribution in [-0.2, 0) is 12.1 Å². The largest absolute Gasteiger partial charge is 0.430 e. The Bertz CT molecular complexity index is 1190. The maximum Gasteiger partial charge on any atom is 0.430 e. The first kappa shape index (κ1) is 22.6. The van der Waals surface area contributed by atoms with E-state index < -0.39 is 23.5 Å². The Morgan fingerprint density at radius 1 is 0.844 bits per heavy atom. The minimum Gasteiger partial charge on any atom is -0.369 e. The van der Waals surface area contributed by atoms with Crippen molar-refractivity contribution in [2.75, 3.05) is 0 Å². The van der Waals surface area contributed by atoms with Gasteiger partial charge in [-0.15, -0.1) is 0 Å². The van der Waals surface area contributed by atoms with E-state index in [1.807, 2.05) is 0 Å². The van der Waals surface area contributed by atoms with E-state index in [1.54, 1.807) is 12.1 Å². The summed E-state index contributed by atoms with van der Waals surface area (Å²) in [5.41, 5.74) is -6.46. The summed E-state index contributed by atoms with van der Waals surface area (Å²) in [5.74, 6) is 0.202. The van der Waals surface area contributed by atoms with Gasteiger partial charge in [0.05, 0.1) is 5.52 Å². The number of halogens is 6. The molecule has 0 bridgehead atoms. The topological polar surface area (TPSA) is 42.2 Å². The van der Waals surface area contributed by atoms with Gasteiger partial charge in [-0.25, -0.2) is 0 Å². The van der Waals surface area contributed by atoms with E-state index in [-0.39, 0.29) is 33.2 Å². The van der Waals surface area contributed by atoms with E-state index in [4.69, 9.17) is 0 Å². The van der Waals surface area contributed by atoms with Gasteiger partial charge < -0.3 is 9.67 Å². The lowest BCUT2D eigenvalue weighted by atomic mass is 9.88. The minimum atomic E-state index is -5.98. The maximum atomic E-state index is 13.4. The summed E-state index contributed by atoms with van der Waals surface area (Å²) in [7, 11) is 0. The molecular weight excluding hydrogens is 436 g/mol. The Morgan fingerprint density at radius 3 is 2.03 bits per heavy atom. The lowest BCUT2D eigenvalue weighted by Crippen LogP contribution is -2.53. The van der Waals surface area contributed by atoms with Crippen LogP contribution in [0.3, 0.4) is 0 Å². The second kappa shape index (κ2) is 7.79. The smallest absolute Gasteiger partial charge is 0.369 e. The quantitative estimate of drug-likeness (QED) is 0.385. The second-order valence-corrected chi connectivity index (χ2v) is 8.40. The molecule has 0 amide bonds. The molecule has 1 aliphatic rings. The van der Waals surface area contributed by atoms with Gasteiger partial charge in [0, 0.05) is 22.9 Å². The number of hydrogen-bond donors (Lipinski definition) is 1. The zero-order valence-corrected chi connectivity index (χ0v) is 16.9. The summed E-state index contributed by atoms with van der Waals surface area (Å²) < 4.78 is 82.0. The summed E-state index contributed by atoms with van der Waals surface area (Å²) in [6, 6.07) is 8.51. The van der Waals surface area contributed by atoms with Crippen molar-refractivity contribution in [2.45, 2.75) is 56.6 Å². The number of hydrogen-bond acceptors (Lipinski definition) is 2. The van der Waals surface area contributed by atoms with Crippen LogP contribution in [0.4, 0.5) is 26.3 Å². The molecule has 3 aromatic rings. The highest BCUT2D eigenvalue weighted by atomic mass is 19.4. The zero-order chi connectivity index (χ0) is 23.3. The SMILES string of the molecule is O=c1c2ccccc2c2cc(C(O)(C(F)(F)F)C(F)(F)F)ccc2n1CC1CCCCC1. The van der Waals surface area contributed by atoms with Crippen LogP contribution in [0.2, 0.25) is 0 Å². The first-order chi connectivity index (χ1) is 14.9. The first-order valence-corrected chi connectivity index (χ1v) is 10.4. The van der Waals surface area contributed by atoms with E-state index in [9.17, 15) is 36.2 Å². The van der Waals surface area contributed by atoms with E-state index in [1.165, 1.54) is 16.7 Å². The third kappa shape index (κ3) is 3.56. The number of aliphatic hydroxyl groups is 1. The third-order valence-electron chi connectivity index (χ3n) is 6.38. The van der Waals surface area contributed by atoms with E-state index in [2.05, 4.69) is 0 Å². The first-order valence-electron chi connectivity index (χ1n) is 10.4. The number of nitrogens with zero attached hydrogens (tertiary/aromatic N) is 1. The van der Waals surface area contributed by atoms with Crippen LogP contribution in [0.15, 0.2) is 47.3 Å². The highest BCUT2D eigenvalue weighted by Crippen LogP contribution is 2.50. The summed E-state index contributed by atoms with van der Waals surface area (Å²) in [6.07, 6.45) is -7.03. The number of aromatic nitrogens is 1. The average molecular weight is 457 g/mol. The standard InChI is InChI=1S/C23H21F6NO2/c24-22(25,26)21(32,23(27,28)29)15-10-11-19-18(12-15)16-8-4-5-9-17(16)20(31)30(19)13-14-6-2-1-3-7-14/h4-5,8-12,14,32H,1-3,6-7,13H2. The van der Waals surface area contributed by atoms with Gasteiger partial charge in [0.2, 0.25) is 0 Å². The molecule has 3 nitrogen and oxygen atoms in total. The van der Waals surface area contributed by atoms with Crippen LogP contribution >= 0.6 is 0 Å². The molecule has 0 unspecified atom stereocenters. The predicted molar refractivity (Wildman–Crippen MR) is 108 cm³/mol. The lowest BCUT2D eigenvalue weighted by Gasteiger charge is -2.33. The Morgan fingerprint density at radius 2 is 1.44 bits per heavy atom. The molecule has 0 aliphatic heterocycles. The number of alkyl halides is 6. The summed E-state index contributed by atoms with van der Waals surface area (Å²) in [5, 5.41) is 10.4. The molecule has 4 rings (SSSR count). The van der Waals surface area contributed by atoms with Crippen LogP contribution < -0.4 is 5.56 Å². The molecular formula is C23H21F6NO2. The molecule has 1 heterocycles. The molecule has 1 saturated carbocycles. The Hall–Kier alpha value is -2.55. The van der Waals surface area contributed by atoms with Crippen molar-refractivity contribution in [1.29, 1.82) is 0 Å². The molecule has 1 fully saturated rings. The average Bonchev–Trinajstić information content (AvgIpc) is 2.75. The van der Waals surface area contributed by atoms with Crippen LogP contribution in [0.25, 0.3) is 21.7 Å². The van der Waals surface area contributed by atoms with Crippen molar-refractivity contribution in [2.24, 2.45) is 5.92 Å². The fourth-order valence-corrected chi connectivity index (χ4v) is 4.67. The van der Waals surface area contributed by atoms with E-state index >= 15 is 0 Å². The molecule has 32 heavy (non-hydrogen) atoms. The maximum absolute atomic E-state index is 13.4. The molecule has 0 atom stereocenters.